The van der Waals surface area contributed by atoms with Gasteiger partial charge in [0.25, 0.3) is 0 Å². The van der Waals surface area contributed by atoms with Crippen LogP contribution in [-0.4, -0.2) is 64.7 Å². The van der Waals surface area contributed by atoms with Crippen molar-refractivity contribution in [2.75, 3.05) is 52.5 Å². The van der Waals surface area contributed by atoms with E-state index in [9.17, 15) is 0 Å². The molecular weight excluding hydrogens is 264 g/mol. The minimum absolute atomic E-state index is 0.114. The number of hydrogen-bond donors (Lipinski definition) is 2. The van der Waals surface area contributed by atoms with Crippen LogP contribution in [0, 0.1) is 0 Å². The first kappa shape index (κ1) is 17.5. The molecule has 2 atom stereocenters. The molecule has 0 saturated heterocycles. The zero-order chi connectivity index (χ0) is 12.9. The van der Waals surface area contributed by atoms with Gasteiger partial charge in [0.2, 0.25) is 0 Å². The van der Waals surface area contributed by atoms with Crippen molar-refractivity contribution in [3.8, 4) is 0 Å². The molecule has 0 radical (unpaired) electrons. The summed E-state index contributed by atoms with van der Waals surface area (Å²) in [5.41, 5.74) is 0. The summed E-state index contributed by atoms with van der Waals surface area (Å²) in [5.74, 6) is 0.679. The maximum absolute atomic E-state index is 5.49. The molecule has 0 aliphatic carbocycles. The molecule has 104 valence electrons. The second kappa shape index (κ2) is 12.9. The van der Waals surface area contributed by atoms with E-state index in [0.717, 1.165) is 0 Å². The van der Waals surface area contributed by atoms with Crippen LogP contribution in [-0.2, 0) is 23.7 Å². The number of rotatable bonds is 12. The SMILES string of the molecule is COCC(COCC(COC)OCS)OCS. The predicted molar refractivity (Wildman–Crippen MR) is 72.0 cm³/mol. The van der Waals surface area contributed by atoms with E-state index in [2.05, 4.69) is 25.3 Å². The summed E-state index contributed by atoms with van der Waals surface area (Å²) in [6, 6.07) is 0. The summed E-state index contributed by atoms with van der Waals surface area (Å²) in [4.78, 5) is 0. The third-order valence-electron chi connectivity index (χ3n) is 1.93. The number of ether oxygens (including phenoxy) is 5. The van der Waals surface area contributed by atoms with Crippen LogP contribution < -0.4 is 0 Å². The predicted octanol–water partition coefficient (Wildman–Crippen LogP) is 0.841. The molecule has 2 unspecified atom stereocenters. The summed E-state index contributed by atoms with van der Waals surface area (Å²) in [6.45, 7) is 1.82. The summed E-state index contributed by atoms with van der Waals surface area (Å²) in [5, 5.41) is 0. The van der Waals surface area contributed by atoms with Gasteiger partial charge in [0.1, 0.15) is 12.2 Å². The van der Waals surface area contributed by atoms with Gasteiger partial charge < -0.3 is 23.7 Å². The molecule has 0 aliphatic heterocycles. The summed E-state index contributed by atoms with van der Waals surface area (Å²) >= 11 is 7.99. The van der Waals surface area contributed by atoms with Gasteiger partial charge in [-0.15, -0.1) is 0 Å². The Balaban J connectivity index is 3.73. The Morgan fingerprint density at radius 2 is 1.18 bits per heavy atom. The van der Waals surface area contributed by atoms with Gasteiger partial charge in [0.05, 0.1) is 38.3 Å². The Morgan fingerprint density at radius 3 is 1.47 bits per heavy atom. The standard InChI is InChI=1S/C10H22O5S2/c1-11-3-9(14-7-16)5-13-6-10(4-12-2)15-8-17/h9-10,16-17H,3-8H2,1-2H3. The van der Waals surface area contributed by atoms with E-state index >= 15 is 0 Å². The van der Waals surface area contributed by atoms with E-state index in [4.69, 9.17) is 23.7 Å². The second-order valence-corrected chi connectivity index (χ2v) is 3.80. The van der Waals surface area contributed by atoms with Crippen molar-refractivity contribution in [2.24, 2.45) is 0 Å². The van der Waals surface area contributed by atoms with Crippen molar-refractivity contribution in [1.82, 2.24) is 0 Å². The Hall–Kier alpha value is 0.500. The van der Waals surface area contributed by atoms with Gasteiger partial charge in [-0.1, -0.05) is 0 Å². The molecule has 0 N–H and O–H groups in total. The Morgan fingerprint density at radius 1 is 0.765 bits per heavy atom. The number of methoxy groups -OCH3 is 2. The first-order chi connectivity index (χ1) is 8.28. The van der Waals surface area contributed by atoms with Crippen LogP contribution in [0.25, 0.3) is 0 Å². The fraction of sp³-hybridized carbons (Fsp3) is 1.00. The molecule has 7 heteroatoms. The molecule has 0 rings (SSSR count). The first-order valence-electron chi connectivity index (χ1n) is 5.29. The summed E-state index contributed by atoms with van der Waals surface area (Å²) < 4.78 is 26.1. The largest absolute Gasteiger partial charge is 0.382 e. The molecule has 0 spiro atoms. The lowest BCUT2D eigenvalue weighted by molar-refractivity contribution is -0.0736. The molecule has 0 heterocycles. The first-order valence-corrected chi connectivity index (χ1v) is 6.55. The highest BCUT2D eigenvalue weighted by Crippen LogP contribution is 2.00. The van der Waals surface area contributed by atoms with Gasteiger partial charge in [-0.05, 0) is 0 Å². The van der Waals surface area contributed by atoms with Gasteiger partial charge in [-0.2, -0.15) is 25.3 Å². The quantitative estimate of drug-likeness (QED) is 0.411. The fourth-order valence-corrected chi connectivity index (χ4v) is 1.62. The van der Waals surface area contributed by atoms with Crippen LogP contribution in [0.5, 0.6) is 0 Å². The molecule has 17 heavy (non-hydrogen) atoms. The molecule has 5 nitrogen and oxygen atoms in total. The van der Waals surface area contributed by atoms with Crippen molar-refractivity contribution in [3.05, 3.63) is 0 Å². The van der Waals surface area contributed by atoms with Crippen molar-refractivity contribution >= 4 is 25.3 Å². The van der Waals surface area contributed by atoms with Crippen molar-refractivity contribution in [2.45, 2.75) is 12.2 Å². The van der Waals surface area contributed by atoms with Crippen molar-refractivity contribution in [1.29, 1.82) is 0 Å². The lowest BCUT2D eigenvalue weighted by atomic mass is 10.4. The maximum atomic E-state index is 5.49. The lowest BCUT2D eigenvalue weighted by Crippen LogP contribution is -2.30. The zero-order valence-electron chi connectivity index (χ0n) is 10.3. The van der Waals surface area contributed by atoms with Gasteiger partial charge >= 0.3 is 0 Å². The van der Waals surface area contributed by atoms with Gasteiger partial charge in [-0.3, -0.25) is 0 Å². The maximum Gasteiger partial charge on any atom is 0.105 e. The average molecular weight is 286 g/mol. The van der Waals surface area contributed by atoms with E-state index < -0.39 is 0 Å². The third-order valence-corrected chi connectivity index (χ3v) is 2.23. The van der Waals surface area contributed by atoms with E-state index in [0.29, 0.717) is 38.3 Å². The fourth-order valence-electron chi connectivity index (χ4n) is 1.20. The highest BCUT2D eigenvalue weighted by Gasteiger charge is 2.12. The smallest absolute Gasteiger partial charge is 0.105 e. The molecule has 0 aromatic rings. The summed E-state index contributed by atoms with van der Waals surface area (Å²) in [6.07, 6.45) is -0.228. The van der Waals surface area contributed by atoms with Crippen LogP contribution in [0.4, 0.5) is 0 Å². The van der Waals surface area contributed by atoms with Crippen LogP contribution in [0.3, 0.4) is 0 Å². The minimum Gasteiger partial charge on any atom is -0.382 e. The highest BCUT2D eigenvalue weighted by molar-refractivity contribution is 7.80. The van der Waals surface area contributed by atoms with E-state index in [1.165, 1.54) is 0 Å². The Bertz CT molecular complexity index is 134. The molecule has 0 fully saturated rings. The van der Waals surface area contributed by atoms with Crippen LogP contribution >= 0.6 is 25.3 Å². The van der Waals surface area contributed by atoms with E-state index in [1.54, 1.807) is 14.2 Å². The number of hydrogen-bond acceptors (Lipinski definition) is 7. The highest BCUT2D eigenvalue weighted by atomic mass is 32.1. The molecule has 0 aliphatic rings. The van der Waals surface area contributed by atoms with Crippen molar-refractivity contribution in [3.63, 3.8) is 0 Å². The topological polar surface area (TPSA) is 46.2 Å². The second-order valence-electron chi connectivity index (χ2n) is 3.28. The van der Waals surface area contributed by atoms with Crippen LogP contribution in [0.1, 0.15) is 0 Å². The lowest BCUT2D eigenvalue weighted by Gasteiger charge is -2.19. The van der Waals surface area contributed by atoms with Gasteiger partial charge in [0.15, 0.2) is 0 Å². The molecule has 0 saturated carbocycles. The molecule has 0 aromatic carbocycles. The average Bonchev–Trinajstić information content (AvgIpc) is 2.30. The molecule has 0 aromatic heterocycles. The zero-order valence-corrected chi connectivity index (χ0v) is 12.1. The van der Waals surface area contributed by atoms with Gasteiger partial charge in [-0.25, -0.2) is 0 Å². The van der Waals surface area contributed by atoms with Crippen LogP contribution in [0.2, 0.25) is 0 Å². The third kappa shape index (κ3) is 10.1. The van der Waals surface area contributed by atoms with E-state index in [-0.39, 0.29) is 12.2 Å². The minimum atomic E-state index is -0.114. The Labute approximate surface area is 114 Å². The molecule has 0 bridgehead atoms. The van der Waals surface area contributed by atoms with Gasteiger partial charge in [0, 0.05) is 14.2 Å². The number of thiol groups is 2. The molecular formula is C10H22O5S2. The van der Waals surface area contributed by atoms with Crippen LogP contribution in [0.15, 0.2) is 0 Å². The van der Waals surface area contributed by atoms with Crippen molar-refractivity contribution < 1.29 is 23.7 Å². The molecule has 0 amide bonds. The van der Waals surface area contributed by atoms with E-state index in [1.807, 2.05) is 0 Å². The Kier molecular flexibility index (Phi) is 13.3. The normalized spacial score (nSPS) is 14.8. The summed E-state index contributed by atoms with van der Waals surface area (Å²) in [7, 11) is 3.24. The monoisotopic (exact) mass is 286 g/mol.